The molecule has 0 atom stereocenters. The highest BCUT2D eigenvalue weighted by atomic mass is 15.1. The molecular formula is C21H27N. The third-order valence-electron chi connectivity index (χ3n) is 3.92. The average Bonchev–Trinajstić information content (AvgIpc) is 2.47. The quantitative estimate of drug-likeness (QED) is 0.738. The molecule has 0 aromatic heterocycles. The van der Waals surface area contributed by atoms with E-state index in [1.807, 2.05) is 6.07 Å². The van der Waals surface area contributed by atoms with Crippen LogP contribution in [0.3, 0.4) is 0 Å². The molecule has 1 nitrogen and oxygen atoms in total. The number of likely N-dealkylation sites (N-methyl/N-ethyl adjacent to an activating group) is 1. The largest absolute Gasteiger partial charge is 0.298 e. The van der Waals surface area contributed by atoms with Crippen molar-refractivity contribution in [1.29, 1.82) is 0 Å². The zero-order valence-electron chi connectivity index (χ0n) is 14.3. The fourth-order valence-corrected chi connectivity index (χ4v) is 2.57. The summed E-state index contributed by atoms with van der Waals surface area (Å²) in [6, 6.07) is 19.4. The maximum absolute atomic E-state index is 4.21. The molecule has 0 N–H and O–H groups in total. The summed E-state index contributed by atoms with van der Waals surface area (Å²) in [7, 11) is 2.14. The van der Waals surface area contributed by atoms with Crippen LogP contribution in [0.25, 0.3) is 5.57 Å². The van der Waals surface area contributed by atoms with Crippen molar-refractivity contribution < 1.29 is 0 Å². The van der Waals surface area contributed by atoms with E-state index in [-0.39, 0.29) is 5.41 Å². The Bertz CT molecular complexity index is 603. The van der Waals surface area contributed by atoms with Gasteiger partial charge in [0.2, 0.25) is 0 Å². The minimum Gasteiger partial charge on any atom is -0.298 e. The van der Waals surface area contributed by atoms with E-state index in [0.717, 1.165) is 18.7 Å². The Balaban J connectivity index is 1.95. The highest BCUT2D eigenvalue weighted by Gasteiger charge is 2.13. The maximum Gasteiger partial charge on any atom is 0.0234 e. The molecule has 0 saturated carbocycles. The molecule has 0 aliphatic carbocycles. The molecule has 0 spiro atoms. The van der Waals surface area contributed by atoms with Gasteiger partial charge in [0, 0.05) is 13.1 Å². The van der Waals surface area contributed by atoms with Crippen LogP contribution in [0.2, 0.25) is 0 Å². The zero-order chi connectivity index (χ0) is 16.2. The van der Waals surface area contributed by atoms with Crippen molar-refractivity contribution in [3.8, 4) is 0 Å². The third kappa shape index (κ3) is 4.57. The summed E-state index contributed by atoms with van der Waals surface area (Å²) in [5.41, 5.74) is 5.32. The van der Waals surface area contributed by atoms with Crippen molar-refractivity contribution in [3.63, 3.8) is 0 Å². The van der Waals surface area contributed by atoms with E-state index in [0.29, 0.717) is 0 Å². The van der Waals surface area contributed by atoms with E-state index in [1.54, 1.807) is 0 Å². The minimum absolute atomic E-state index is 0.214. The zero-order valence-corrected chi connectivity index (χ0v) is 14.3. The second-order valence-electron chi connectivity index (χ2n) is 7.09. The van der Waals surface area contributed by atoms with Gasteiger partial charge in [-0.2, -0.15) is 0 Å². The van der Waals surface area contributed by atoms with E-state index in [1.165, 1.54) is 16.7 Å². The first-order chi connectivity index (χ1) is 10.4. The van der Waals surface area contributed by atoms with Crippen molar-refractivity contribution in [2.24, 2.45) is 0 Å². The molecule has 0 bridgehead atoms. The van der Waals surface area contributed by atoms with Gasteiger partial charge < -0.3 is 0 Å². The van der Waals surface area contributed by atoms with E-state index in [4.69, 9.17) is 0 Å². The topological polar surface area (TPSA) is 3.24 Å². The van der Waals surface area contributed by atoms with Gasteiger partial charge in [-0.3, -0.25) is 4.90 Å². The van der Waals surface area contributed by atoms with Crippen LogP contribution < -0.4 is 0 Å². The second-order valence-corrected chi connectivity index (χ2v) is 7.09. The molecule has 0 fully saturated rings. The SMILES string of the molecule is C=C(CN(C)Cc1ccc(C(C)(C)C)cc1)c1ccccc1. The van der Waals surface area contributed by atoms with Crippen LogP contribution in [0, 0.1) is 0 Å². The van der Waals surface area contributed by atoms with Crippen LogP contribution in [-0.4, -0.2) is 18.5 Å². The monoisotopic (exact) mass is 293 g/mol. The summed E-state index contributed by atoms with van der Waals surface area (Å²) in [5, 5.41) is 0. The van der Waals surface area contributed by atoms with Gasteiger partial charge in [-0.05, 0) is 34.7 Å². The van der Waals surface area contributed by atoms with Crippen molar-refractivity contribution in [3.05, 3.63) is 77.9 Å². The normalized spacial score (nSPS) is 11.7. The van der Waals surface area contributed by atoms with Crippen molar-refractivity contribution in [2.75, 3.05) is 13.6 Å². The Hall–Kier alpha value is -1.86. The van der Waals surface area contributed by atoms with E-state index in [9.17, 15) is 0 Å². The molecule has 0 aliphatic rings. The number of nitrogens with zero attached hydrogens (tertiary/aromatic N) is 1. The van der Waals surface area contributed by atoms with Crippen molar-refractivity contribution in [1.82, 2.24) is 4.90 Å². The van der Waals surface area contributed by atoms with Gasteiger partial charge in [-0.25, -0.2) is 0 Å². The van der Waals surface area contributed by atoms with E-state index < -0.39 is 0 Å². The summed E-state index contributed by atoms with van der Waals surface area (Å²) >= 11 is 0. The predicted octanol–water partition coefficient (Wildman–Crippen LogP) is 5.13. The highest BCUT2D eigenvalue weighted by Crippen LogP contribution is 2.22. The van der Waals surface area contributed by atoms with Crippen LogP contribution >= 0.6 is 0 Å². The molecule has 2 rings (SSSR count). The maximum atomic E-state index is 4.21. The minimum atomic E-state index is 0.214. The number of hydrogen-bond donors (Lipinski definition) is 0. The second kappa shape index (κ2) is 6.93. The molecule has 22 heavy (non-hydrogen) atoms. The number of hydrogen-bond acceptors (Lipinski definition) is 1. The van der Waals surface area contributed by atoms with Gasteiger partial charge in [0.05, 0.1) is 0 Å². The summed E-state index contributed by atoms with van der Waals surface area (Å²) in [6.07, 6.45) is 0. The summed E-state index contributed by atoms with van der Waals surface area (Å²) in [5.74, 6) is 0. The van der Waals surface area contributed by atoms with Gasteiger partial charge in [0.15, 0.2) is 0 Å². The Kier molecular flexibility index (Phi) is 5.20. The molecule has 116 valence electrons. The number of benzene rings is 2. The summed E-state index contributed by atoms with van der Waals surface area (Å²) in [6.45, 7) is 12.8. The highest BCUT2D eigenvalue weighted by molar-refractivity contribution is 5.64. The Labute approximate surface area is 135 Å². The lowest BCUT2D eigenvalue weighted by molar-refractivity contribution is 0.369. The Morgan fingerprint density at radius 3 is 2.09 bits per heavy atom. The van der Waals surface area contributed by atoms with E-state index in [2.05, 4.69) is 87.8 Å². The van der Waals surface area contributed by atoms with Crippen LogP contribution in [0.4, 0.5) is 0 Å². The molecule has 2 aromatic carbocycles. The summed E-state index contributed by atoms with van der Waals surface area (Å²) in [4.78, 5) is 2.31. The Morgan fingerprint density at radius 1 is 0.955 bits per heavy atom. The predicted molar refractivity (Wildman–Crippen MR) is 97.0 cm³/mol. The van der Waals surface area contributed by atoms with Gasteiger partial charge in [-0.15, -0.1) is 0 Å². The van der Waals surface area contributed by atoms with Gasteiger partial charge in [-0.1, -0.05) is 81.9 Å². The van der Waals surface area contributed by atoms with Crippen LogP contribution in [-0.2, 0) is 12.0 Å². The molecule has 0 amide bonds. The van der Waals surface area contributed by atoms with Gasteiger partial charge in [0.25, 0.3) is 0 Å². The van der Waals surface area contributed by atoms with Gasteiger partial charge >= 0.3 is 0 Å². The number of rotatable bonds is 5. The van der Waals surface area contributed by atoms with Crippen molar-refractivity contribution in [2.45, 2.75) is 32.7 Å². The summed E-state index contributed by atoms with van der Waals surface area (Å²) < 4.78 is 0. The first-order valence-corrected chi connectivity index (χ1v) is 7.87. The lowest BCUT2D eigenvalue weighted by Gasteiger charge is -2.21. The molecule has 0 unspecified atom stereocenters. The average molecular weight is 293 g/mol. The molecular weight excluding hydrogens is 266 g/mol. The molecule has 0 radical (unpaired) electrons. The smallest absolute Gasteiger partial charge is 0.0234 e. The third-order valence-corrected chi connectivity index (χ3v) is 3.92. The van der Waals surface area contributed by atoms with E-state index >= 15 is 0 Å². The molecule has 2 aromatic rings. The van der Waals surface area contributed by atoms with Gasteiger partial charge in [0.1, 0.15) is 0 Å². The van der Waals surface area contributed by atoms with Crippen LogP contribution in [0.5, 0.6) is 0 Å². The molecule has 1 heteroatoms. The Morgan fingerprint density at radius 2 is 1.55 bits per heavy atom. The first kappa shape index (κ1) is 16.5. The van der Waals surface area contributed by atoms with Crippen molar-refractivity contribution >= 4 is 5.57 Å². The lowest BCUT2D eigenvalue weighted by atomic mass is 9.87. The fraction of sp³-hybridized carbons (Fsp3) is 0.333. The fourth-order valence-electron chi connectivity index (χ4n) is 2.57. The molecule has 0 aliphatic heterocycles. The van der Waals surface area contributed by atoms with Crippen LogP contribution in [0.15, 0.2) is 61.2 Å². The lowest BCUT2D eigenvalue weighted by Crippen LogP contribution is -2.20. The molecule has 0 heterocycles. The molecule has 0 saturated heterocycles. The standard InChI is InChI=1S/C21H27N/c1-17(19-9-7-6-8-10-19)15-22(5)16-18-11-13-20(14-12-18)21(2,3)4/h6-14H,1,15-16H2,2-5H3. The first-order valence-electron chi connectivity index (χ1n) is 7.87. The van der Waals surface area contributed by atoms with Crippen LogP contribution in [0.1, 0.15) is 37.5 Å².